The molecule has 438 valence electrons. The number of nitrogens with one attached hydrogen (secondary N) is 1. The lowest BCUT2D eigenvalue weighted by Crippen LogP contribution is -2.53. The van der Waals surface area contributed by atoms with E-state index in [1.54, 1.807) is 0 Å². The molecule has 0 spiro atoms. The molecule has 0 fully saturated rings. The molecule has 0 radical (unpaired) electrons. The monoisotopic (exact) mass is 1040 g/mol. The molecule has 4 atom stereocenters. The van der Waals surface area contributed by atoms with E-state index in [2.05, 4.69) is 55.6 Å². The summed E-state index contributed by atoms with van der Waals surface area (Å²) < 4.78 is 0. The quantitative estimate of drug-likeness (QED) is 0.0308. The zero-order valence-electron chi connectivity index (χ0n) is 49.9. The minimum Gasteiger partial charge on any atom is -0.394 e. The highest BCUT2D eigenvalue weighted by molar-refractivity contribution is 5.80. The van der Waals surface area contributed by atoms with Gasteiger partial charge in [-0.1, -0.05) is 326 Å². The summed E-state index contributed by atoms with van der Waals surface area (Å²) in [6.07, 6.45) is 79.7. The van der Waals surface area contributed by atoms with Crippen LogP contribution < -0.4 is 5.32 Å². The maximum atomic E-state index is 12.6. The predicted molar refractivity (Wildman–Crippen MR) is 325 cm³/mol. The molecule has 5 N–H and O–H groups in total. The van der Waals surface area contributed by atoms with Crippen molar-refractivity contribution < 1.29 is 25.2 Å². The van der Waals surface area contributed by atoms with Crippen molar-refractivity contribution in [2.75, 3.05) is 6.61 Å². The summed E-state index contributed by atoms with van der Waals surface area (Å²) in [5.41, 5.74) is 0. The summed E-state index contributed by atoms with van der Waals surface area (Å²) in [6, 6.07) is -1.01. The number of carbonyl (C=O) groups is 1. The standard InChI is InChI=1S/C68H131NO5/c1-3-5-7-9-11-13-15-17-19-21-23-25-27-29-31-32-33-34-35-36-38-39-41-43-45-47-49-51-53-55-57-59-61-65(71)67(73)64(63-70)69-68(74)66(72)62-60-58-56-54-52-50-48-46-44-42-40-37-30-28-26-24-22-20-18-16-14-12-10-8-6-4-2/h24,26,30,37,53,55,64-67,70-73H,3-23,25,27-29,31-36,38-52,54,56-63H2,1-2H3,(H,69,74)/b26-24-,37-30-,55-53+. The topological polar surface area (TPSA) is 110 Å². The van der Waals surface area contributed by atoms with E-state index in [1.807, 2.05) is 0 Å². The fraction of sp³-hybridized carbons (Fsp3) is 0.897. The van der Waals surface area contributed by atoms with E-state index >= 15 is 0 Å². The fourth-order valence-corrected chi connectivity index (χ4v) is 10.6. The van der Waals surface area contributed by atoms with Crippen LogP contribution in [0.5, 0.6) is 0 Å². The molecule has 0 aromatic rings. The molecule has 6 nitrogen and oxygen atoms in total. The van der Waals surface area contributed by atoms with E-state index < -0.39 is 36.9 Å². The van der Waals surface area contributed by atoms with Crippen LogP contribution in [-0.4, -0.2) is 57.3 Å². The first-order valence-electron chi connectivity index (χ1n) is 33.4. The molecule has 0 aliphatic carbocycles. The number of hydrogen-bond donors (Lipinski definition) is 5. The first-order chi connectivity index (χ1) is 36.5. The smallest absolute Gasteiger partial charge is 0.249 e. The lowest BCUT2D eigenvalue weighted by Gasteiger charge is -2.27. The summed E-state index contributed by atoms with van der Waals surface area (Å²) >= 11 is 0. The summed E-state index contributed by atoms with van der Waals surface area (Å²) in [5.74, 6) is -0.591. The Morgan fingerprint density at radius 1 is 0.338 bits per heavy atom. The maximum Gasteiger partial charge on any atom is 0.249 e. The Bertz CT molecular complexity index is 1170. The summed E-state index contributed by atoms with van der Waals surface area (Å²) in [6.45, 7) is 4.09. The van der Waals surface area contributed by atoms with E-state index in [4.69, 9.17) is 0 Å². The minimum atomic E-state index is -1.29. The second kappa shape index (κ2) is 62.4. The van der Waals surface area contributed by atoms with Crippen LogP contribution in [0.3, 0.4) is 0 Å². The van der Waals surface area contributed by atoms with Crippen molar-refractivity contribution >= 4 is 5.91 Å². The van der Waals surface area contributed by atoms with Crippen molar-refractivity contribution in [2.24, 2.45) is 0 Å². The average molecular weight is 1040 g/mol. The number of hydrogen-bond acceptors (Lipinski definition) is 5. The number of allylic oxidation sites excluding steroid dienone is 6. The molecule has 0 aliphatic heterocycles. The maximum absolute atomic E-state index is 12.6. The summed E-state index contributed by atoms with van der Waals surface area (Å²) in [5, 5.41) is 44.1. The van der Waals surface area contributed by atoms with Gasteiger partial charge in [-0.05, 0) is 70.6 Å². The zero-order chi connectivity index (χ0) is 53.7. The van der Waals surface area contributed by atoms with Crippen LogP contribution in [0.25, 0.3) is 0 Å². The number of amides is 1. The van der Waals surface area contributed by atoms with Crippen LogP contribution in [0, 0.1) is 0 Å². The van der Waals surface area contributed by atoms with E-state index in [0.29, 0.717) is 12.8 Å². The van der Waals surface area contributed by atoms with Gasteiger partial charge in [-0.3, -0.25) is 4.79 Å². The molecule has 0 aliphatic rings. The Labute approximate surface area is 462 Å². The number of rotatable bonds is 62. The van der Waals surface area contributed by atoms with Gasteiger partial charge in [0.15, 0.2) is 0 Å². The van der Waals surface area contributed by atoms with Crippen LogP contribution >= 0.6 is 0 Å². The van der Waals surface area contributed by atoms with E-state index in [0.717, 1.165) is 44.9 Å². The fourth-order valence-electron chi connectivity index (χ4n) is 10.6. The Morgan fingerprint density at radius 2 is 0.595 bits per heavy atom. The van der Waals surface area contributed by atoms with Gasteiger partial charge in [-0.15, -0.1) is 0 Å². The second-order valence-corrected chi connectivity index (χ2v) is 23.2. The Balaban J connectivity index is 3.59. The van der Waals surface area contributed by atoms with Crippen molar-refractivity contribution in [3.8, 4) is 0 Å². The molecular formula is C68H131NO5. The lowest BCUT2D eigenvalue weighted by atomic mass is 10.00. The highest BCUT2D eigenvalue weighted by atomic mass is 16.3. The SMILES string of the molecule is CCCCCCCCCCC/C=C\C/C=C\CCCCCCCCCCCCC(O)C(=O)NC(CO)C(O)C(O)CCC/C=C/CCCCCCCCCCCCCCCCCCCCCCCCCCCCC. The van der Waals surface area contributed by atoms with Gasteiger partial charge in [-0.2, -0.15) is 0 Å². The molecule has 0 heterocycles. The molecule has 6 heteroatoms. The van der Waals surface area contributed by atoms with Crippen LogP contribution in [0.2, 0.25) is 0 Å². The van der Waals surface area contributed by atoms with Gasteiger partial charge in [0.1, 0.15) is 12.2 Å². The van der Waals surface area contributed by atoms with Gasteiger partial charge in [0, 0.05) is 0 Å². The van der Waals surface area contributed by atoms with Crippen molar-refractivity contribution in [2.45, 2.75) is 385 Å². The highest BCUT2D eigenvalue weighted by Gasteiger charge is 2.28. The number of unbranched alkanes of at least 4 members (excludes halogenated alkanes) is 47. The average Bonchev–Trinajstić information content (AvgIpc) is 3.41. The zero-order valence-corrected chi connectivity index (χ0v) is 49.9. The third-order valence-corrected chi connectivity index (χ3v) is 15.8. The lowest BCUT2D eigenvalue weighted by molar-refractivity contribution is -0.132. The number of carbonyl (C=O) groups excluding carboxylic acids is 1. The van der Waals surface area contributed by atoms with Gasteiger partial charge < -0.3 is 25.7 Å². The Morgan fingerprint density at radius 3 is 0.892 bits per heavy atom. The second-order valence-electron chi connectivity index (χ2n) is 23.2. The predicted octanol–water partition coefficient (Wildman–Crippen LogP) is 20.3. The molecule has 0 saturated heterocycles. The third-order valence-electron chi connectivity index (χ3n) is 15.8. The van der Waals surface area contributed by atoms with Gasteiger partial charge in [-0.25, -0.2) is 0 Å². The Hall–Kier alpha value is -1.47. The van der Waals surface area contributed by atoms with Crippen LogP contribution in [0.1, 0.15) is 361 Å². The summed E-state index contributed by atoms with van der Waals surface area (Å²) in [4.78, 5) is 12.6. The van der Waals surface area contributed by atoms with Gasteiger partial charge >= 0.3 is 0 Å². The first kappa shape index (κ1) is 72.5. The first-order valence-corrected chi connectivity index (χ1v) is 33.4. The molecule has 74 heavy (non-hydrogen) atoms. The van der Waals surface area contributed by atoms with Gasteiger partial charge in [0.2, 0.25) is 5.91 Å². The van der Waals surface area contributed by atoms with Crippen LogP contribution in [0.4, 0.5) is 0 Å². The van der Waals surface area contributed by atoms with Gasteiger partial charge in [0.25, 0.3) is 0 Å². The molecule has 1 amide bonds. The molecule has 0 aromatic carbocycles. The largest absolute Gasteiger partial charge is 0.394 e. The van der Waals surface area contributed by atoms with E-state index in [9.17, 15) is 25.2 Å². The molecule has 0 rings (SSSR count). The van der Waals surface area contributed by atoms with Crippen molar-refractivity contribution in [3.05, 3.63) is 36.5 Å². The van der Waals surface area contributed by atoms with Crippen molar-refractivity contribution in [3.63, 3.8) is 0 Å². The summed E-state index contributed by atoms with van der Waals surface area (Å²) in [7, 11) is 0. The highest BCUT2D eigenvalue weighted by Crippen LogP contribution is 2.19. The Kier molecular flexibility index (Phi) is 61.1. The third kappa shape index (κ3) is 55.3. The van der Waals surface area contributed by atoms with Crippen molar-refractivity contribution in [1.82, 2.24) is 5.32 Å². The minimum absolute atomic E-state index is 0.360. The molecular weight excluding hydrogens is 911 g/mol. The molecule has 4 unspecified atom stereocenters. The van der Waals surface area contributed by atoms with Crippen molar-refractivity contribution in [1.29, 1.82) is 0 Å². The number of aliphatic hydroxyl groups excluding tert-OH is 4. The van der Waals surface area contributed by atoms with Gasteiger partial charge in [0.05, 0.1) is 18.8 Å². The van der Waals surface area contributed by atoms with Crippen LogP contribution in [0.15, 0.2) is 36.5 Å². The van der Waals surface area contributed by atoms with Crippen LogP contribution in [-0.2, 0) is 4.79 Å². The molecule has 0 bridgehead atoms. The molecule has 0 aromatic heterocycles. The van der Waals surface area contributed by atoms with E-state index in [-0.39, 0.29) is 0 Å². The van der Waals surface area contributed by atoms with E-state index in [1.165, 1.54) is 289 Å². The normalized spacial score (nSPS) is 13.8. The molecule has 0 saturated carbocycles. The number of aliphatic hydroxyl groups is 4.